The second-order valence-corrected chi connectivity index (χ2v) is 5.56. The van der Waals surface area contributed by atoms with Crippen LogP contribution in [0.25, 0.3) is 0 Å². The highest BCUT2D eigenvalue weighted by molar-refractivity contribution is 7.15. The van der Waals surface area contributed by atoms with Crippen LogP contribution in [0.15, 0.2) is 6.33 Å². The average Bonchev–Trinajstić information content (AvgIpc) is 2.96. The fourth-order valence-corrected chi connectivity index (χ4v) is 2.77. The van der Waals surface area contributed by atoms with Crippen molar-refractivity contribution in [3.05, 3.63) is 22.7 Å². The molecule has 7 heteroatoms. The molecular weight excluding hydrogens is 250 g/mol. The van der Waals surface area contributed by atoms with E-state index >= 15 is 0 Å². The van der Waals surface area contributed by atoms with E-state index in [4.69, 9.17) is 0 Å². The molecule has 0 saturated carbocycles. The zero-order valence-electron chi connectivity index (χ0n) is 9.93. The molecule has 1 unspecified atom stereocenters. The Morgan fingerprint density at radius 1 is 1.56 bits per heavy atom. The second kappa shape index (κ2) is 4.49. The lowest BCUT2D eigenvalue weighted by Gasteiger charge is -2.19. The number of carbonyl (C=O) groups excluding carboxylic acids is 1. The summed E-state index contributed by atoms with van der Waals surface area (Å²) in [7, 11) is 0. The van der Waals surface area contributed by atoms with Crippen molar-refractivity contribution in [1.82, 2.24) is 20.2 Å². The molecule has 3 rings (SSSR count). The van der Waals surface area contributed by atoms with Crippen LogP contribution in [0.5, 0.6) is 0 Å². The van der Waals surface area contributed by atoms with Gasteiger partial charge in [0, 0.05) is 18.0 Å². The van der Waals surface area contributed by atoms with Gasteiger partial charge >= 0.3 is 0 Å². The minimum absolute atomic E-state index is 0.0137. The number of aromatic nitrogens is 4. The number of nitrogens with one attached hydrogen (secondary N) is 2. The van der Waals surface area contributed by atoms with Crippen molar-refractivity contribution in [2.75, 3.05) is 5.32 Å². The van der Waals surface area contributed by atoms with Gasteiger partial charge in [0.05, 0.1) is 12.0 Å². The van der Waals surface area contributed by atoms with E-state index in [2.05, 4.69) is 25.5 Å². The van der Waals surface area contributed by atoms with Crippen molar-refractivity contribution < 1.29 is 4.79 Å². The third kappa shape index (κ3) is 2.13. The zero-order chi connectivity index (χ0) is 12.5. The third-order valence-electron chi connectivity index (χ3n) is 3.12. The molecular formula is C11H13N5OS. The van der Waals surface area contributed by atoms with Crippen LogP contribution in [0.3, 0.4) is 0 Å². The maximum absolute atomic E-state index is 12.1. The van der Waals surface area contributed by atoms with Gasteiger partial charge in [0.25, 0.3) is 0 Å². The number of H-pyrrole nitrogens is 1. The first-order valence-electron chi connectivity index (χ1n) is 5.84. The molecule has 1 amide bonds. The normalized spacial score (nSPS) is 18.4. The smallest absolute Gasteiger partial charge is 0.229 e. The standard InChI is InChI=1S/C11H13N5OS/c1-6-15-16-11(18-6)14-10(17)7-2-3-8-9(4-7)13-5-12-8/h5,7H,2-4H2,1H3,(H,12,13)(H,14,16,17). The van der Waals surface area contributed by atoms with Gasteiger partial charge in [-0.15, -0.1) is 10.2 Å². The summed E-state index contributed by atoms with van der Waals surface area (Å²) < 4.78 is 0. The molecule has 18 heavy (non-hydrogen) atoms. The van der Waals surface area contributed by atoms with Gasteiger partial charge in [-0.25, -0.2) is 4.98 Å². The predicted octanol–water partition coefficient (Wildman–Crippen LogP) is 1.31. The molecule has 0 aliphatic heterocycles. The lowest BCUT2D eigenvalue weighted by Crippen LogP contribution is -2.28. The molecule has 0 saturated heterocycles. The number of hydrogen-bond acceptors (Lipinski definition) is 5. The first-order chi connectivity index (χ1) is 8.72. The van der Waals surface area contributed by atoms with Crippen LogP contribution < -0.4 is 5.32 Å². The number of carbonyl (C=O) groups is 1. The quantitative estimate of drug-likeness (QED) is 0.855. The Morgan fingerprint density at radius 3 is 3.22 bits per heavy atom. The van der Waals surface area contributed by atoms with Gasteiger partial charge in [-0.2, -0.15) is 0 Å². The van der Waals surface area contributed by atoms with Gasteiger partial charge in [-0.1, -0.05) is 11.3 Å². The van der Waals surface area contributed by atoms with E-state index in [0.29, 0.717) is 11.6 Å². The van der Waals surface area contributed by atoms with Gasteiger partial charge in [0.1, 0.15) is 5.01 Å². The Hall–Kier alpha value is -1.76. The molecule has 2 aromatic heterocycles. The first-order valence-corrected chi connectivity index (χ1v) is 6.66. The molecule has 0 radical (unpaired) electrons. The van der Waals surface area contributed by atoms with Crippen LogP contribution in [0.4, 0.5) is 5.13 Å². The molecule has 94 valence electrons. The van der Waals surface area contributed by atoms with E-state index in [1.54, 1.807) is 6.33 Å². The van der Waals surface area contributed by atoms with Crippen molar-refractivity contribution in [2.45, 2.75) is 26.2 Å². The highest BCUT2D eigenvalue weighted by Crippen LogP contribution is 2.24. The lowest BCUT2D eigenvalue weighted by molar-refractivity contribution is -0.120. The molecule has 2 aromatic rings. The number of anilines is 1. The van der Waals surface area contributed by atoms with Gasteiger partial charge < -0.3 is 10.3 Å². The number of hydrogen-bond donors (Lipinski definition) is 2. The molecule has 0 fully saturated rings. The highest BCUT2D eigenvalue weighted by atomic mass is 32.1. The Kier molecular flexibility index (Phi) is 2.83. The van der Waals surface area contributed by atoms with Crippen molar-refractivity contribution >= 4 is 22.4 Å². The monoisotopic (exact) mass is 263 g/mol. The number of nitrogens with zero attached hydrogens (tertiary/aromatic N) is 3. The minimum atomic E-state index is -0.0231. The second-order valence-electron chi connectivity index (χ2n) is 4.38. The molecule has 1 aliphatic carbocycles. The largest absolute Gasteiger partial charge is 0.348 e. The van der Waals surface area contributed by atoms with E-state index in [0.717, 1.165) is 29.2 Å². The van der Waals surface area contributed by atoms with Crippen molar-refractivity contribution in [2.24, 2.45) is 5.92 Å². The summed E-state index contributed by atoms with van der Waals surface area (Å²) in [4.78, 5) is 19.4. The Morgan fingerprint density at radius 2 is 2.44 bits per heavy atom. The molecule has 1 aliphatic rings. The van der Waals surface area contributed by atoms with Gasteiger partial charge in [-0.3, -0.25) is 4.79 Å². The number of fused-ring (bicyclic) bond motifs is 1. The van der Waals surface area contributed by atoms with Crippen molar-refractivity contribution in [3.63, 3.8) is 0 Å². The van der Waals surface area contributed by atoms with Crippen LogP contribution in [-0.4, -0.2) is 26.1 Å². The number of amides is 1. The van der Waals surface area contributed by atoms with Crippen molar-refractivity contribution in [1.29, 1.82) is 0 Å². The number of aromatic amines is 1. The van der Waals surface area contributed by atoms with Crippen LogP contribution in [0.1, 0.15) is 22.8 Å². The van der Waals surface area contributed by atoms with E-state index in [9.17, 15) is 4.79 Å². The fourth-order valence-electron chi connectivity index (χ4n) is 2.17. The van der Waals surface area contributed by atoms with Gasteiger partial charge in [0.2, 0.25) is 11.0 Å². The third-order valence-corrected chi connectivity index (χ3v) is 3.87. The Bertz CT molecular complexity index is 576. The number of imidazole rings is 1. The molecule has 6 nitrogen and oxygen atoms in total. The molecule has 0 aromatic carbocycles. The Labute approximate surface area is 108 Å². The average molecular weight is 263 g/mol. The lowest BCUT2D eigenvalue weighted by atomic mass is 9.89. The SMILES string of the molecule is Cc1nnc(NC(=O)C2CCc3[nH]cnc3C2)s1. The van der Waals surface area contributed by atoms with E-state index < -0.39 is 0 Å². The first kappa shape index (κ1) is 11.3. The minimum Gasteiger partial charge on any atom is -0.348 e. The van der Waals surface area contributed by atoms with Gasteiger partial charge in [-0.05, 0) is 19.8 Å². The Balaban J connectivity index is 1.67. The summed E-state index contributed by atoms with van der Waals surface area (Å²) in [6.45, 7) is 1.87. The fraction of sp³-hybridized carbons (Fsp3) is 0.455. The highest BCUT2D eigenvalue weighted by Gasteiger charge is 2.26. The molecule has 2 N–H and O–H groups in total. The summed E-state index contributed by atoms with van der Waals surface area (Å²) in [6, 6.07) is 0. The summed E-state index contributed by atoms with van der Waals surface area (Å²) in [5, 5.41) is 12.0. The summed E-state index contributed by atoms with van der Waals surface area (Å²) in [5.74, 6) is -0.00944. The van der Waals surface area contributed by atoms with Crippen LogP contribution >= 0.6 is 11.3 Å². The number of rotatable bonds is 2. The van der Waals surface area contributed by atoms with Crippen LogP contribution in [0.2, 0.25) is 0 Å². The number of aryl methyl sites for hydroxylation is 2. The molecule has 0 spiro atoms. The topological polar surface area (TPSA) is 83.6 Å². The predicted molar refractivity (Wildman–Crippen MR) is 67.4 cm³/mol. The molecule has 0 bridgehead atoms. The summed E-state index contributed by atoms with van der Waals surface area (Å²) in [6.07, 6.45) is 4.11. The maximum atomic E-state index is 12.1. The van der Waals surface area contributed by atoms with Gasteiger partial charge in [0.15, 0.2) is 0 Å². The van der Waals surface area contributed by atoms with Crippen LogP contribution in [0, 0.1) is 12.8 Å². The maximum Gasteiger partial charge on any atom is 0.229 e. The van der Waals surface area contributed by atoms with Crippen molar-refractivity contribution in [3.8, 4) is 0 Å². The zero-order valence-corrected chi connectivity index (χ0v) is 10.8. The summed E-state index contributed by atoms with van der Waals surface area (Å²) in [5.41, 5.74) is 2.17. The molecule has 1 atom stereocenters. The molecule has 2 heterocycles. The van der Waals surface area contributed by atoms with E-state index in [1.807, 2.05) is 6.92 Å². The van der Waals surface area contributed by atoms with E-state index in [-0.39, 0.29) is 11.8 Å². The summed E-state index contributed by atoms with van der Waals surface area (Å²) >= 11 is 1.39. The van der Waals surface area contributed by atoms with E-state index in [1.165, 1.54) is 11.3 Å². The van der Waals surface area contributed by atoms with Crippen LogP contribution in [-0.2, 0) is 17.6 Å².